The molecule has 0 saturated heterocycles. The summed E-state index contributed by atoms with van der Waals surface area (Å²) in [6, 6.07) is 22.7. The number of para-hydroxylation sites is 1. The van der Waals surface area contributed by atoms with Gasteiger partial charge in [-0.2, -0.15) is 4.98 Å². The SMILES string of the molecule is O=C(NO)c1cccc(Nc2nc(Nc3ccc(Oc4ccccc4)cc3)ncc2F)c1. The van der Waals surface area contributed by atoms with E-state index < -0.39 is 11.7 Å². The van der Waals surface area contributed by atoms with E-state index in [1.54, 1.807) is 41.9 Å². The maximum atomic E-state index is 14.2. The Morgan fingerprint density at radius 1 is 0.875 bits per heavy atom. The molecule has 1 aromatic heterocycles. The Labute approximate surface area is 182 Å². The molecule has 1 heterocycles. The van der Waals surface area contributed by atoms with Gasteiger partial charge in [-0.05, 0) is 54.6 Å². The fraction of sp³-hybridized carbons (Fsp3) is 0. The molecule has 0 bridgehead atoms. The number of rotatable bonds is 7. The number of carbonyl (C=O) groups is 1. The summed E-state index contributed by atoms with van der Waals surface area (Å²) >= 11 is 0. The summed E-state index contributed by atoms with van der Waals surface area (Å²) in [7, 11) is 0. The number of halogens is 1. The zero-order valence-corrected chi connectivity index (χ0v) is 16.6. The molecule has 4 rings (SSSR count). The smallest absolute Gasteiger partial charge is 0.274 e. The zero-order chi connectivity index (χ0) is 22.3. The summed E-state index contributed by atoms with van der Waals surface area (Å²) in [5, 5.41) is 14.6. The third-order valence-corrected chi connectivity index (χ3v) is 4.32. The van der Waals surface area contributed by atoms with Crippen LogP contribution in [0.5, 0.6) is 11.5 Å². The molecule has 0 radical (unpaired) electrons. The first-order valence-electron chi connectivity index (χ1n) is 9.55. The predicted molar refractivity (Wildman–Crippen MR) is 117 cm³/mol. The lowest BCUT2D eigenvalue weighted by Crippen LogP contribution is -2.18. The molecule has 0 aliphatic rings. The molecule has 4 aromatic rings. The highest BCUT2D eigenvalue weighted by atomic mass is 19.1. The minimum atomic E-state index is -0.682. The molecule has 9 heteroatoms. The van der Waals surface area contributed by atoms with Crippen LogP contribution in [0, 0.1) is 5.82 Å². The van der Waals surface area contributed by atoms with Gasteiger partial charge in [-0.1, -0.05) is 24.3 Å². The Bertz CT molecular complexity index is 1220. The summed E-state index contributed by atoms with van der Waals surface area (Å²) in [6.45, 7) is 0. The zero-order valence-electron chi connectivity index (χ0n) is 16.6. The lowest BCUT2D eigenvalue weighted by atomic mass is 10.2. The molecule has 1 amide bonds. The lowest BCUT2D eigenvalue weighted by Gasteiger charge is -2.11. The van der Waals surface area contributed by atoms with Crippen molar-refractivity contribution in [3.63, 3.8) is 0 Å². The molecular weight excluding hydrogens is 413 g/mol. The second-order valence-electron chi connectivity index (χ2n) is 6.60. The molecule has 4 N–H and O–H groups in total. The molecule has 0 atom stereocenters. The normalized spacial score (nSPS) is 10.3. The van der Waals surface area contributed by atoms with Crippen LogP contribution in [0.4, 0.5) is 27.5 Å². The van der Waals surface area contributed by atoms with Crippen LogP contribution in [0.2, 0.25) is 0 Å². The van der Waals surface area contributed by atoms with Crippen LogP contribution in [0.15, 0.2) is 85.1 Å². The summed E-state index contributed by atoms with van der Waals surface area (Å²) in [5.41, 5.74) is 2.85. The summed E-state index contributed by atoms with van der Waals surface area (Å²) in [5.74, 6) is 0.142. The third-order valence-electron chi connectivity index (χ3n) is 4.32. The Morgan fingerprint density at radius 3 is 2.38 bits per heavy atom. The highest BCUT2D eigenvalue weighted by Gasteiger charge is 2.10. The van der Waals surface area contributed by atoms with Crippen molar-refractivity contribution in [1.29, 1.82) is 0 Å². The van der Waals surface area contributed by atoms with E-state index in [2.05, 4.69) is 20.6 Å². The van der Waals surface area contributed by atoms with Crippen molar-refractivity contribution in [3.8, 4) is 11.5 Å². The van der Waals surface area contributed by atoms with Crippen molar-refractivity contribution < 1.29 is 19.1 Å². The van der Waals surface area contributed by atoms with Gasteiger partial charge in [-0.3, -0.25) is 10.0 Å². The van der Waals surface area contributed by atoms with E-state index >= 15 is 0 Å². The molecule has 0 fully saturated rings. The molecule has 0 aliphatic heterocycles. The lowest BCUT2D eigenvalue weighted by molar-refractivity contribution is 0.0706. The van der Waals surface area contributed by atoms with E-state index in [0.29, 0.717) is 17.1 Å². The van der Waals surface area contributed by atoms with Gasteiger partial charge in [0.15, 0.2) is 11.6 Å². The standard InChI is InChI=1S/C23H18FN5O3/c24-20-14-25-23(28-21(20)26-17-6-4-5-15(13-17)22(30)29-31)27-16-9-11-19(12-10-16)32-18-7-2-1-3-8-18/h1-14,31H,(H,29,30)(H2,25,26,27,28). The molecule has 32 heavy (non-hydrogen) atoms. The minimum Gasteiger partial charge on any atom is -0.457 e. The molecule has 0 aliphatic carbocycles. The highest BCUT2D eigenvalue weighted by molar-refractivity contribution is 5.94. The quantitative estimate of drug-likeness (QED) is 0.240. The van der Waals surface area contributed by atoms with E-state index in [-0.39, 0.29) is 17.3 Å². The number of hydrogen-bond acceptors (Lipinski definition) is 7. The topological polar surface area (TPSA) is 108 Å². The number of hydrogen-bond donors (Lipinski definition) is 4. The monoisotopic (exact) mass is 431 g/mol. The van der Waals surface area contributed by atoms with Gasteiger partial charge in [0.1, 0.15) is 11.5 Å². The van der Waals surface area contributed by atoms with Gasteiger partial charge in [-0.25, -0.2) is 14.9 Å². The van der Waals surface area contributed by atoms with Crippen LogP contribution in [0.1, 0.15) is 10.4 Å². The predicted octanol–water partition coefficient (Wildman–Crippen LogP) is 5.01. The average molecular weight is 431 g/mol. The average Bonchev–Trinajstić information content (AvgIpc) is 2.83. The second-order valence-corrected chi connectivity index (χ2v) is 6.60. The number of nitrogens with zero attached hydrogens (tertiary/aromatic N) is 2. The fourth-order valence-electron chi connectivity index (χ4n) is 2.81. The maximum Gasteiger partial charge on any atom is 0.274 e. The maximum absolute atomic E-state index is 14.2. The van der Waals surface area contributed by atoms with Crippen molar-refractivity contribution in [3.05, 3.63) is 96.4 Å². The molecular formula is C23H18FN5O3. The van der Waals surface area contributed by atoms with Crippen molar-refractivity contribution in [1.82, 2.24) is 15.4 Å². The number of nitrogens with one attached hydrogen (secondary N) is 3. The largest absolute Gasteiger partial charge is 0.457 e. The van der Waals surface area contributed by atoms with Gasteiger partial charge in [0.2, 0.25) is 5.95 Å². The van der Waals surface area contributed by atoms with Gasteiger partial charge in [-0.15, -0.1) is 0 Å². The van der Waals surface area contributed by atoms with Gasteiger partial charge < -0.3 is 15.4 Å². The van der Waals surface area contributed by atoms with Crippen LogP contribution in [0.3, 0.4) is 0 Å². The first-order valence-corrected chi connectivity index (χ1v) is 9.55. The summed E-state index contributed by atoms with van der Waals surface area (Å²) in [6.07, 6.45) is 1.04. The fourth-order valence-corrected chi connectivity index (χ4v) is 2.81. The highest BCUT2D eigenvalue weighted by Crippen LogP contribution is 2.25. The van der Waals surface area contributed by atoms with Crippen molar-refractivity contribution in [2.24, 2.45) is 0 Å². The van der Waals surface area contributed by atoms with Crippen molar-refractivity contribution in [2.45, 2.75) is 0 Å². The van der Waals surface area contributed by atoms with Crippen molar-refractivity contribution in [2.75, 3.05) is 10.6 Å². The van der Waals surface area contributed by atoms with Crippen LogP contribution < -0.4 is 20.9 Å². The van der Waals surface area contributed by atoms with Gasteiger partial charge in [0.05, 0.1) is 6.20 Å². The number of benzene rings is 3. The number of carbonyl (C=O) groups excluding carboxylic acids is 1. The van der Waals surface area contributed by atoms with Crippen LogP contribution >= 0.6 is 0 Å². The van der Waals surface area contributed by atoms with E-state index in [0.717, 1.165) is 11.9 Å². The molecule has 8 nitrogen and oxygen atoms in total. The molecule has 0 saturated carbocycles. The summed E-state index contributed by atoms with van der Waals surface area (Å²) < 4.78 is 20.0. The van der Waals surface area contributed by atoms with E-state index in [9.17, 15) is 9.18 Å². The number of aromatic nitrogens is 2. The van der Waals surface area contributed by atoms with Crippen molar-refractivity contribution >= 4 is 29.0 Å². The first-order chi connectivity index (χ1) is 15.6. The molecule has 0 spiro atoms. The second kappa shape index (κ2) is 9.54. The Morgan fingerprint density at radius 2 is 1.62 bits per heavy atom. The number of anilines is 4. The molecule has 0 unspecified atom stereocenters. The summed E-state index contributed by atoms with van der Waals surface area (Å²) in [4.78, 5) is 19.7. The third kappa shape index (κ3) is 5.15. The van der Waals surface area contributed by atoms with Gasteiger partial charge in [0.25, 0.3) is 5.91 Å². The van der Waals surface area contributed by atoms with Crippen LogP contribution in [-0.4, -0.2) is 21.1 Å². The van der Waals surface area contributed by atoms with E-state index in [1.807, 2.05) is 30.3 Å². The van der Waals surface area contributed by atoms with Crippen LogP contribution in [-0.2, 0) is 0 Å². The minimum absolute atomic E-state index is 0.0758. The van der Waals surface area contributed by atoms with E-state index in [4.69, 9.17) is 9.94 Å². The number of hydroxylamine groups is 1. The Kier molecular flexibility index (Phi) is 6.19. The van der Waals surface area contributed by atoms with E-state index in [1.165, 1.54) is 12.1 Å². The van der Waals surface area contributed by atoms with Gasteiger partial charge >= 0.3 is 0 Å². The number of amides is 1. The first kappa shape index (κ1) is 20.8. The number of ether oxygens (including phenoxy) is 1. The van der Waals surface area contributed by atoms with Gasteiger partial charge in [0, 0.05) is 16.9 Å². The molecule has 3 aromatic carbocycles. The Balaban J connectivity index is 1.46. The van der Waals surface area contributed by atoms with Crippen LogP contribution in [0.25, 0.3) is 0 Å². The molecule has 160 valence electrons. The Hall–Kier alpha value is -4.50.